The van der Waals surface area contributed by atoms with E-state index >= 15 is 0 Å². The third-order valence-corrected chi connectivity index (χ3v) is 4.27. The number of carbonyl (C=O) groups is 1. The Morgan fingerprint density at radius 1 is 1.11 bits per heavy atom. The van der Waals surface area contributed by atoms with Crippen molar-refractivity contribution in [1.29, 1.82) is 5.26 Å². The summed E-state index contributed by atoms with van der Waals surface area (Å²) < 4.78 is 15.8. The van der Waals surface area contributed by atoms with E-state index in [2.05, 4.69) is 9.88 Å². The molecule has 2 aromatic carbocycles. The van der Waals surface area contributed by atoms with Gasteiger partial charge in [0, 0.05) is 17.1 Å². The standard InChI is InChI=1S/C22H18FN3O/c1-15-12-17(16(2)26(15)19-8-4-3-5-9-19)13-18(14-24)22(27)25-21-11-7-6-10-20(21)23/h3-13H,1-2H3,(H,25,27). The molecule has 0 radical (unpaired) electrons. The summed E-state index contributed by atoms with van der Waals surface area (Å²) in [5.41, 5.74) is 3.60. The van der Waals surface area contributed by atoms with Gasteiger partial charge >= 0.3 is 0 Å². The van der Waals surface area contributed by atoms with E-state index in [0.29, 0.717) is 0 Å². The van der Waals surface area contributed by atoms with Crippen LogP contribution in [0.4, 0.5) is 10.1 Å². The Kier molecular flexibility index (Phi) is 5.18. The number of halogens is 1. The SMILES string of the molecule is Cc1cc(C=C(C#N)C(=O)Nc2ccccc2F)c(C)n1-c1ccccc1. The van der Waals surface area contributed by atoms with Gasteiger partial charge in [-0.1, -0.05) is 30.3 Å². The molecule has 3 rings (SSSR count). The number of hydrogen-bond acceptors (Lipinski definition) is 2. The fourth-order valence-electron chi connectivity index (χ4n) is 2.96. The number of benzene rings is 2. The molecule has 0 spiro atoms. The Balaban J connectivity index is 1.94. The summed E-state index contributed by atoms with van der Waals surface area (Å²) in [5.74, 6) is -1.20. The van der Waals surface area contributed by atoms with Gasteiger partial charge in [0.2, 0.25) is 0 Å². The van der Waals surface area contributed by atoms with Crippen molar-refractivity contribution < 1.29 is 9.18 Å². The Bertz CT molecular complexity index is 1060. The number of nitriles is 1. The highest BCUT2D eigenvalue weighted by Crippen LogP contribution is 2.23. The summed E-state index contributed by atoms with van der Waals surface area (Å²) >= 11 is 0. The predicted molar refractivity (Wildman–Crippen MR) is 104 cm³/mol. The molecular weight excluding hydrogens is 341 g/mol. The van der Waals surface area contributed by atoms with Gasteiger partial charge in [0.15, 0.2) is 0 Å². The minimum absolute atomic E-state index is 0.0402. The molecule has 1 amide bonds. The summed E-state index contributed by atoms with van der Waals surface area (Å²) in [6.45, 7) is 3.89. The van der Waals surface area contributed by atoms with Gasteiger partial charge < -0.3 is 9.88 Å². The van der Waals surface area contributed by atoms with Crippen molar-refractivity contribution in [3.05, 3.63) is 89.0 Å². The number of nitrogens with zero attached hydrogens (tertiary/aromatic N) is 2. The van der Waals surface area contributed by atoms with E-state index in [1.807, 2.05) is 56.3 Å². The number of aryl methyl sites for hydroxylation is 1. The van der Waals surface area contributed by atoms with Crippen LogP contribution >= 0.6 is 0 Å². The molecule has 0 atom stereocenters. The number of carbonyl (C=O) groups excluding carboxylic acids is 1. The summed E-state index contributed by atoms with van der Waals surface area (Å²) in [6.07, 6.45) is 1.53. The number of para-hydroxylation sites is 2. The summed E-state index contributed by atoms with van der Waals surface area (Å²) in [7, 11) is 0. The van der Waals surface area contributed by atoms with Crippen molar-refractivity contribution >= 4 is 17.7 Å². The molecule has 27 heavy (non-hydrogen) atoms. The smallest absolute Gasteiger partial charge is 0.266 e. The number of anilines is 1. The maximum atomic E-state index is 13.7. The lowest BCUT2D eigenvalue weighted by molar-refractivity contribution is -0.112. The Morgan fingerprint density at radius 3 is 2.44 bits per heavy atom. The molecule has 0 saturated carbocycles. The van der Waals surface area contributed by atoms with Gasteiger partial charge in [0.05, 0.1) is 5.69 Å². The molecule has 0 aliphatic carbocycles. The van der Waals surface area contributed by atoms with Crippen LogP contribution in [-0.2, 0) is 4.79 Å². The first-order valence-corrected chi connectivity index (χ1v) is 8.43. The second-order valence-electron chi connectivity index (χ2n) is 6.10. The van der Waals surface area contributed by atoms with Crippen LogP contribution in [0.2, 0.25) is 0 Å². The third kappa shape index (κ3) is 3.80. The summed E-state index contributed by atoms with van der Waals surface area (Å²) in [4.78, 5) is 12.4. The minimum atomic E-state index is -0.646. The number of hydrogen-bond donors (Lipinski definition) is 1. The van der Waals surface area contributed by atoms with E-state index in [-0.39, 0.29) is 11.3 Å². The van der Waals surface area contributed by atoms with Crippen LogP contribution in [0.3, 0.4) is 0 Å². The van der Waals surface area contributed by atoms with Crippen LogP contribution in [0.25, 0.3) is 11.8 Å². The summed E-state index contributed by atoms with van der Waals surface area (Å²) in [6, 6.07) is 19.5. The third-order valence-electron chi connectivity index (χ3n) is 4.27. The highest BCUT2D eigenvalue weighted by atomic mass is 19.1. The van der Waals surface area contributed by atoms with Crippen molar-refractivity contribution in [3.8, 4) is 11.8 Å². The van der Waals surface area contributed by atoms with Crippen LogP contribution in [0.5, 0.6) is 0 Å². The van der Waals surface area contributed by atoms with Crippen LogP contribution in [0.15, 0.2) is 66.2 Å². The molecule has 0 aliphatic rings. The maximum absolute atomic E-state index is 13.7. The van der Waals surface area contributed by atoms with E-state index in [1.165, 1.54) is 24.3 Å². The molecule has 1 heterocycles. The quantitative estimate of drug-likeness (QED) is 0.538. The first-order chi connectivity index (χ1) is 13.0. The largest absolute Gasteiger partial charge is 0.319 e. The van der Waals surface area contributed by atoms with Crippen LogP contribution < -0.4 is 5.32 Å². The fourth-order valence-corrected chi connectivity index (χ4v) is 2.96. The lowest BCUT2D eigenvalue weighted by atomic mass is 10.1. The Hall–Kier alpha value is -3.65. The van der Waals surface area contributed by atoms with Crippen molar-refractivity contribution in [2.75, 3.05) is 5.32 Å². The zero-order valence-corrected chi connectivity index (χ0v) is 15.0. The van der Waals surface area contributed by atoms with Crippen molar-refractivity contribution in [3.63, 3.8) is 0 Å². The highest BCUT2D eigenvalue weighted by molar-refractivity contribution is 6.09. The van der Waals surface area contributed by atoms with Crippen LogP contribution in [0, 0.1) is 31.0 Å². The number of aromatic nitrogens is 1. The van der Waals surface area contributed by atoms with E-state index < -0.39 is 11.7 Å². The van der Waals surface area contributed by atoms with Gasteiger partial charge in [-0.25, -0.2) is 4.39 Å². The number of rotatable bonds is 4. The Morgan fingerprint density at radius 2 is 1.78 bits per heavy atom. The van der Waals surface area contributed by atoms with Gasteiger partial charge in [0.1, 0.15) is 17.5 Å². The van der Waals surface area contributed by atoms with Crippen LogP contribution in [0.1, 0.15) is 17.0 Å². The second kappa shape index (κ2) is 7.71. The summed E-state index contributed by atoms with van der Waals surface area (Å²) in [5, 5.41) is 11.9. The molecule has 0 unspecified atom stereocenters. The fraction of sp³-hybridized carbons (Fsp3) is 0.0909. The van der Waals surface area contributed by atoms with Crippen molar-refractivity contribution in [2.24, 2.45) is 0 Å². The average Bonchev–Trinajstić information content (AvgIpc) is 2.95. The van der Waals surface area contributed by atoms with Crippen molar-refractivity contribution in [1.82, 2.24) is 4.57 Å². The zero-order valence-electron chi connectivity index (χ0n) is 15.0. The highest BCUT2D eigenvalue weighted by Gasteiger charge is 2.15. The lowest BCUT2D eigenvalue weighted by Gasteiger charge is -2.09. The predicted octanol–water partition coefficient (Wildman–Crippen LogP) is 4.78. The molecule has 3 aromatic rings. The molecule has 0 fully saturated rings. The lowest BCUT2D eigenvalue weighted by Crippen LogP contribution is -2.14. The van der Waals surface area contributed by atoms with Crippen molar-refractivity contribution in [2.45, 2.75) is 13.8 Å². The normalized spacial score (nSPS) is 11.1. The monoisotopic (exact) mass is 359 g/mol. The molecule has 4 nitrogen and oxygen atoms in total. The molecule has 1 aromatic heterocycles. The van der Waals surface area contributed by atoms with Gasteiger partial charge in [-0.05, 0) is 55.8 Å². The molecule has 0 saturated heterocycles. The van der Waals surface area contributed by atoms with E-state index in [0.717, 1.165) is 22.6 Å². The Labute approximate surface area is 157 Å². The maximum Gasteiger partial charge on any atom is 0.266 e. The molecule has 5 heteroatoms. The second-order valence-corrected chi connectivity index (χ2v) is 6.10. The zero-order chi connectivity index (χ0) is 19.4. The minimum Gasteiger partial charge on any atom is -0.319 e. The first kappa shape index (κ1) is 18.2. The molecule has 134 valence electrons. The van der Waals surface area contributed by atoms with Gasteiger partial charge in [-0.3, -0.25) is 4.79 Å². The molecule has 0 bridgehead atoms. The van der Waals surface area contributed by atoms with Gasteiger partial charge in [-0.15, -0.1) is 0 Å². The van der Waals surface area contributed by atoms with Gasteiger partial charge in [0.25, 0.3) is 5.91 Å². The number of nitrogens with one attached hydrogen (secondary N) is 1. The topological polar surface area (TPSA) is 57.8 Å². The first-order valence-electron chi connectivity index (χ1n) is 8.43. The average molecular weight is 359 g/mol. The van der Waals surface area contributed by atoms with Gasteiger partial charge in [-0.2, -0.15) is 5.26 Å². The molecule has 0 aliphatic heterocycles. The van der Waals surface area contributed by atoms with E-state index in [1.54, 1.807) is 6.07 Å². The van der Waals surface area contributed by atoms with Crippen LogP contribution in [-0.4, -0.2) is 10.5 Å². The van der Waals surface area contributed by atoms with E-state index in [4.69, 9.17) is 0 Å². The van der Waals surface area contributed by atoms with E-state index in [9.17, 15) is 14.4 Å². The number of amides is 1. The molecule has 1 N–H and O–H groups in total. The molecular formula is C22H18FN3O.